The fourth-order valence-corrected chi connectivity index (χ4v) is 8.65. The fourth-order valence-electron chi connectivity index (χ4n) is 6.30. The van der Waals surface area contributed by atoms with Crippen LogP contribution < -0.4 is 16.0 Å². The highest BCUT2D eigenvalue weighted by atomic mass is 33.1. The molecule has 5 rings (SSSR count). The molecule has 3 atom stereocenters. The molecule has 0 saturated carbocycles. The standard InChI is InChI=1S/C39H48N2O7S2/c1-28-25-41(37(44)40-36(28)43)35-24-33(46-27-49-50-38(2,3)22-12-7-13-23-42)34(48-35)26-47-39(29-14-8-5-9-15-29,30-16-10-6-11-17-30)31-18-20-32(45-4)21-19-31/h5-6,8-11,14-21,25,33-35,42H,7,12-13,22-24,26-27H2,1-4H3,(H,40,43,44)/t33-,34+,35+/m0/s1. The van der Waals surface area contributed by atoms with Crippen LogP contribution in [0.25, 0.3) is 0 Å². The Balaban J connectivity index is 1.42. The smallest absolute Gasteiger partial charge is 0.330 e. The number of hydrogen-bond donors (Lipinski definition) is 2. The van der Waals surface area contributed by atoms with Crippen LogP contribution in [0.2, 0.25) is 0 Å². The van der Waals surface area contributed by atoms with Gasteiger partial charge < -0.3 is 24.1 Å². The zero-order chi connectivity index (χ0) is 35.6. The van der Waals surface area contributed by atoms with Crippen LogP contribution in [0, 0.1) is 6.92 Å². The summed E-state index contributed by atoms with van der Waals surface area (Å²) in [5.74, 6) is 1.16. The first-order chi connectivity index (χ1) is 24.2. The van der Waals surface area contributed by atoms with Gasteiger partial charge in [0.1, 0.15) is 29.6 Å². The average Bonchev–Trinajstić information content (AvgIpc) is 3.54. The molecule has 0 unspecified atom stereocenters. The molecule has 0 radical (unpaired) electrons. The monoisotopic (exact) mass is 720 g/mol. The van der Waals surface area contributed by atoms with Gasteiger partial charge in [-0.3, -0.25) is 14.3 Å². The predicted octanol–water partition coefficient (Wildman–Crippen LogP) is 7.21. The van der Waals surface area contributed by atoms with Crippen molar-refractivity contribution < 1.29 is 24.1 Å². The number of methoxy groups -OCH3 is 1. The second-order valence-corrected chi connectivity index (χ2v) is 16.1. The number of aromatic nitrogens is 2. The van der Waals surface area contributed by atoms with Crippen LogP contribution in [0.15, 0.2) is 101 Å². The number of hydrogen-bond acceptors (Lipinski definition) is 9. The van der Waals surface area contributed by atoms with E-state index in [-0.39, 0.29) is 24.1 Å². The van der Waals surface area contributed by atoms with Crippen LogP contribution in [-0.4, -0.2) is 57.9 Å². The Morgan fingerprint density at radius 2 is 1.56 bits per heavy atom. The maximum atomic E-state index is 12.9. The molecular weight excluding hydrogens is 673 g/mol. The highest BCUT2D eigenvalue weighted by molar-refractivity contribution is 8.77. The van der Waals surface area contributed by atoms with Crippen LogP contribution in [0.1, 0.15) is 74.4 Å². The van der Waals surface area contributed by atoms with Crippen LogP contribution in [0.3, 0.4) is 0 Å². The summed E-state index contributed by atoms with van der Waals surface area (Å²) in [5.41, 5.74) is 1.29. The molecule has 3 aromatic carbocycles. The second kappa shape index (κ2) is 17.7. The van der Waals surface area contributed by atoms with Gasteiger partial charge in [-0.1, -0.05) is 107 Å². The highest BCUT2D eigenvalue weighted by Crippen LogP contribution is 2.43. The molecule has 0 bridgehead atoms. The second-order valence-electron chi connectivity index (χ2n) is 13.1. The number of ether oxygens (including phenoxy) is 4. The molecule has 0 amide bonds. The number of aliphatic hydroxyl groups is 1. The van der Waals surface area contributed by atoms with Gasteiger partial charge in [0.15, 0.2) is 0 Å². The van der Waals surface area contributed by atoms with Crippen molar-refractivity contribution in [2.75, 3.05) is 26.3 Å². The number of unbranched alkanes of at least 4 members (excludes halogenated alkanes) is 2. The summed E-state index contributed by atoms with van der Waals surface area (Å²) in [7, 11) is 5.09. The molecule has 1 aliphatic heterocycles. The molecule has 1 aliphatic rings. The van der Waals surface area contributed by atoms with Crippen molar-refractivity contribution in [2.45, 2.75) is 81.7 Å². The lowest BCUT2D eigenvalue weighted by atomic mass is 9.80. The number of aliphatic hydroxyl groups excluding tert-OH is 1. The third-order valence-electron chi connectivity index (χ3n) is 9.01. The maximum absolute atomic E-state index is 12.9. The van der Waals surface area contributed by atoms with Gasteiger partial charge in [0.2, 0.25) is 0 Å². The number of nitrogens with zero attached hydrogens (tertiary/aromatic N) is 1. The number of rotatable bonds is 18. The van der Waals surface area contributed by atoms with E-state index in [2.05, 4.69) is 43.1 Å². The zero-order valence-corrected chi connectivity index (χ0v) is 30.8. The Morgan fingerprint density at radius 1 is 0.920 bits per heavy atom. The molecule has 2 N–H and O–H groups in total. The minimum Gasteiger partial charge on any atom is -0.497 e. The van der Waals surface area contributed by atoms with E-state index in [0.717, 1.165) is 48.1 Å². The van der Waals surface area contributed by atoms with E-state index < -0.39 is 29.2 Å². The van der Waals surface area contributed by atoms with E-state index in [1.54, 1.807) is 41.8 Å². The Hall–Kier alpha value is -3.32. The molecule has 9 nitrogen and oxygen atoms in total. The van der Waals surface area contributed by atoms with Crippen molar-refractivity contribution >= 4 is 21.6 Å². The summed E-state index contributed by atoms with van der Waals surface area (Å²) in [6, 6.07) is 28.1. The molecule has 2 heterocycles. The van der Waals surface area contributed by atoms with Gasteiger partial charge in [-0.05, 0) is 62.4 Å². The molecule has 1 aromatic heterocycles. The average molecular weight is 721 g/mol. The summed E-state index contributed by atoms with van der Waals surface area (Å²) in [4.78, 5) is 27.5. The number of aryl methyl sites for hydroxylation is 1. The first kappa shape index (κ1) is 37.9. The fraction of sp³-hybridized carbons (Fsp3) is 0.436. The number of benzene rings is 3. The van der Waals surface area contributed by atoms with Crippen LogP contribution in [0.4, 0.5) is 0 Å². The van der Waals surface area contributed by atoms with Crippen LogP contribution in [-0.2, 0) is 19.8 Å². The number of aromatic amines is 1. The zero-order valence-electron chi connectivity index (χ0n) is 29.2. The Labute approximate surface area is 302 Å². The lowest BCUT2D eigenvalue weighted by Gasteiger charge is -2.37. The minimum absolute atomic E-state index is 0.0464. The van der Waals surface area contributed by atoms with E-state index in [9.17, 15) is 9.59 Å². The molecule has 1 fully saturated rings. The molecule has 1 saturated heterocycles. The van der Waals surface area contributed by atoms with Crippen LogP contribution >= 0.6 is 21.6 Å². The van der Waals surface area contributed by atoms with Crippen molar-refractivity contribution in [3.8, 4) is 5.75 Å². The first-order valence-corrected chi connectivity index (χ1v) is 19.4. The normalized spacial score (nSPS) is 18.0. The molecule has 0 aliphatic carbocycles. The van der Waals surface area contributed by atoms with Crippen molar-refractivity contribution in [1.29, 1.82) is 0 Å². The van der Waals surface area contributed by atoms with E-state index >= 15 is 0 Å². The predicted molar refractivity (Wildman–Crippen MR) is 201 cm³/mol. The topological polar surface area (TPSA) is 112 Å². The van der Waals surface area contributed by atoms with Gasteiger partial charge in [-0.25, -0.2) is 4.79 Å². The molecule has 0 spiro atoms. The molecular formula is C39H48N2O7S2. The van der Waals surface area contributed by atoms with Gasteiger partial charge in [0, 0.05) is 29.5 Å². The minimum atomic E-state index is -1.00. The van der Waals surface area contributed by atoms with Crippen molar-refractivity contribution in [1.82, 2.24) is 9.55 Å². The van der Waals surface area contributed by atoms with Crippen LogP contribution in [0.5, 0.6) is 5.75 Å². The van der Waals surface area contributed by atoms with Gasteiger partial charge in [-0.2, -0.15) is 0 Å². The van der Waals surface area contributed by atoms with Gasteiger partial charge in [0.05, 0.1) is 19.8 Å². The summed E-state index contributed by atoms with van der Waals surface area (Å²) in [6.07, 6.45) is 4.32. The third kappa shape index (κ3) is 9.31. The maximum Gasteiger partial charge on any atom is 0.330 e. The van der Waals surface area contributed by atoms with Crippen molar-refractivity contribution in [3.05, 3.63) is 134 Å². The lowest BCUT2D eigenvalue weighted by Crippen LogP contribution is -2.38. The summed E-state index contributed by atoms with van der Waals surface area (Å²) >= 11 is 0. The van der Waals surface area contributed by atoms with E-state index in [1.165, 1.54) is 4.57 Å². The summed E-state index contributed by atoms with van der Waals surface area (Å²) in [5, 5.41) is 9.12. The molecule has 50 heavy (non-hydrogen) atoms. The van der Waals surface area contributed by atoms with Crippen molar-refractivity contribution in [2.24, 2.45) is 0 Å². The first-order valence-electron chi connectivity index (χ1n) is 17.1. The molecule has 268 valence electrons. The summed E-state index contributed by atoms with van der Waals surface area (Å²) in [6.45, 7) is 6.51. The Morgan fingerprint density at radius 3 is 2.18 bits per heavy atom. The highest BCUT2D eigenvalue weighted by Gasteiger charge is 2.43. The van der Waals surface area contributed by atoms with Gasteiger partial charge in [-0.15, -0.1) is 0 Å². The Kier molecular flexibility index (Phi) is 13.5. The molecule has 4 aromatic rings. The van der Waals surface area contributed by atoms with Crippen molar-refractivity contribution in [3.63, 3.8) is 0 Å². The lowest BCUT2D eigenvalue weighted by molar-refractivity contribution is -0.100. The SMILES string of the molecule is COc1ccc(C(OC[C@H]2O[C@@H](n3cc(C)c(=O)[nH]c3=O)C[C@@H]2OCSSC(C)(C)CCCCCO)(c2ccccc2)c2ccccc2)cc1. The van der Waals surface area contributed by atoms with Gasteiger partial charge >= 0.3 is 5.69 Å². The van der Waals surface area contributed by atoms with E-state index in [4.69, 9.17) is 24.1 Å². The summed E-state index contributed by atoms with van der Waals surface area (Å²) < 4.78 is 27.2. The van der Waals surface area contributed by atoms with E-state index in [0.29, 0.717) is 17.9 Å². The van der Waals surface area contributed by atoms with Gasteiger partial charge in [0.25, 0.3) is 5.56 Å². The quantitative estimate of drug-likeness (QED) is 0.0477. The number of H-pyrrole nitrogens is 1. The Bertz CT molecular complexity index is 1710. The largest absolute Gasteiger partial charge is 0.497 e. The van der Waals surface area contributed by atoms with E-state index in [1.807, 2.05) is 60.7 Å². The number of nitrogens with one attached hydrogen (secondary N) is 1. The third-order valence-corrected chi connectivity index (χ3v) is 12.0. The molecule has 11 heteroatoms.